The van der Waals surface area contributed by atoms with Crippen molar-refractivity contribution in [3.05, 3.63) is 71.9 Å². The maximum absolute atomic E-state index is 11.8. The Morgan fingerprint density at radius 3 is 2.36 bits per heavy atom. The fourth-order valence-electron chi connectivity index (χ4n) is 2.28. The second kappa shape index (κ2) is 5.85. The Balaban J connectivity index is 2.17. The number of aromatic nitrogens is 2. The van der Waals surface area contributed by atoms with E-state index in [4.69, 9.17) is 4.74 Å². The predicted octanol–water partition coefficient (Wildman–Crippen LogP) is 3.63. The Kier molecular flexibility index (Phi) is 3.74. The van der Waals surface area contributed by atoms with Gasteiger partial charge in [-0.05, 0) is 25.1 Å². The second-order valence-electron chi connectivity index (χ2n) is 5.02. The molecule has 110 valence electrons. The number of esters is 1. The number of aryl methyl sites for hydroxylation is 1. The molecule has 1 heterocycles. The van der Waals surface area contributed by atoms with E-state index in [0.717, 1.165) is 16.9 Å². The summed E-state index contributed by atoms with van der Waals surface area (Å²) in [5, 5.41) is 4.39. The molecule has 0 bridgehead atoms. The van der Waals surface area contributed by atoms with Gasteiger partial charge in [0.1, 0.15) is 0 Å². The van der Waals surface area contributed by atoms with Crippen molar-refractivity contribution >= 4 is 5.97 Å². The Labute approximate surface area is 129 Å². The maximum atomic E-state index is 11.8. The SMILES string of the molecule is COC(=O)c1cc(-c2ccc(C)cc2)n(-c2ccccc2)n1. The number of nitrogens with zero attached hydrogens (tertiary/aromatic N) is 2. The number of hydrogen-bond acceptors (Lipinski definition) is 3. The molecule has 0 spiro atoms. The molecule has 2 aromatic carbocycles. The normalized spacial score (nSPS) is 10.5. The molecule has 22 heavy (non-hydrogen) atoms. The molecule has 0 atom stereocenters. The highest BCUT2D eigenvalue weighted by atomic mass is 16.5. The van der Waals surface area contributed by atoms with E-state index < -0.39 is 5.97 Å². The summed E-state index contributed by atoms with van der Waals surface area (Å²) in [7, 11) is 1.36. The molecule has 1 aromatic heterocycles. The van der Waals surface area contributed by atoms with Gasteiger partial charge in [-0.2, -0.15) is 5.10 Å². The number of carbonyl (C=O) groups excluding carboxylic acids is 1. The number of rotatable bonds is 3. The summed E-state index contributed by atoms with van der Waals surface area (Å²) in [5.41, 5.74) is 4.22. The summed E-state index contributed by atoms with van der Waals surface area (Å²) >= 11 is 0. The Hall–Kier alpha value is -2.88. The lowest BCUT2D eigenvalue weighted by atomic mass is 10.1. The Morgan fingerprint density at radius 2 is 1.73 bits per heavy atom. The van der Waals surface area contributed by atoms with Crippen molar-refractivity contribution in [1.29, 1.82) is 0 Å². The van der Waals surface area contributed by atoms with Gasteiger partial charge in [-0.15, -0.1) is 0 Å². The summed E-state index contributed by atoms with van der Waals surface area (Å²) in [5.74, 6) is -0.442. The predicted molar refractivity (Wildman–Crippen MR) is 85.1 cm³/mol. The smallest absolute Gasteiger partial charge is 0.358 e. The molecule has 0 fully saturated rings. The topological polar surface area (TPSA) is 44.1 Å². The number of benzene rings is 2. The maximum Gasteiger partial charge on any atom is 0.358 e. The van der Waals surface area contributed by atoms with Crippen LogP contribution in [0.15, 0.2) is 60.7 Å². The first kappa shape index (κ1) is 14.1. The Bertz CT molecular complexity index is 790. The average molecular weight is 292 g/mol. The van der Waals surface area contributed by atoms with Crippen molar-refractivity contribution < 1.29 is 9.53 Å². The molecular weight excluding hydrogens is 276 g/mol. The van der Waals surface area contributed by atoms with Crippen LogP contribution in [0, 0.1) is 6.92 Å². The van der Waals surface area contributed by atoms with Gasteiger partial charge in [-0.3, -0.25) is 0 Å². The summed E-state index contributed by atoms with van der Waals surface area (Å²) in [6, 6.07) is 19.6. The zero-order valence-electron chi connectivity index (χ0n) is 12.5. The van der Waals surface area contributed by atoms with Crippen LogP contribution in [0.5, 0.6) is 0 Å². The highest BCUT2D eigenvalue weighted by Gasteiger charge is 2.16. The molecule has 0 aliphatic carbocycles. The first-order valence-electron chi connectivity index (χ1n) is 7.00. The molecule has 4 nitrogen and oxygen atoms in total. The van der Waals surface area contributed by atoms with E-state index in [-0.39, 0.29) is 0 Å². The monoisotopic (exact) mass is 292 g/mol. The van der Waals surface area contributed by atoms with Crippen LogP contribution >= 0.6 is 0 Å². The van der Waals surface area contributed by atoms with Gasteiger partial charge in [0, 0.05) is 5.56 Å². The molecule has 0 saturated heterocycles. The van der Waals surface area contributed by atoms with E-state index in [2.05, 4.69) is 5.10 Å². The van der Waals surface area contributed by atoms with E-state index in [1.807, 2.05) is 61.5 Å². The van der Waals surface area contributed by atoms with Crippen molar-refractivity contribution in [2.24, 2.45) is 0 Å². The van der Waals surface area contributed by atoms with Crippen LogP contribution in [0.2, 0.25) is 0 Å². The number of ether oxygens (including phenoxy) is 1. The van der Waals surface area contributed by atoms with Crippen molar-refractivity contribution in [3.8, 4) is 16.9 Å². The second-order valence-corrected chi connectivity index (χ2v) is 5.02. The van der Waals surface area contributed by atoms with Crippen LogP contribution in [0.4, 0.5) is 0 Å². The van der Waals surface area contributed by atoms with E-state index >= 15 is 0 Å². The highest BCUT2D eigenvalue weighted by Crippen LogP contribution is 2.24. The quantitative estimate of drug-likeness (QED) is 0.692. The minimum absolute atomic E-state index is 0.293. The molecule has 0 radical (unpaired) electrons. The van der Waals surface area contributed by atoms with E-state index in [1.54, 1.807) is 10.7 Å². The molecule has 0 saturated carbocycles. The lowest BCUT2D eigenvalue weighted by Crippen LogP contribution is -2.04. The van der Waals surface area contributed by atoms with Crippen molar-refractivity contribution in [2.45, 2.75) is 6.92 Å². The lowest BCUT2D eigenvalue weighted by Gasteiger charge is -2.07. The molecule has 3 rings (SSSR count). The summed E-state index contributed by atoms with van der Waals surface area (Å²) in [4.78, 5) is 11.8. The van der Waals surface area contributed by atoms with Gasteiger partial charge in [-0.1, -0.05) is 48.0 Å². The number of carbonyl (C=O) groups is 1. The van der Waals surface area contributed by atoms with Crippen molar-refractivity contribution in [3.63, 3.8) is 0 Å². The van der Waals surface area contributed by atoms with E-state index in [0.29, 0.717) is 5.69 Å². The molecule has 4 heteroatoms. The largest absolute Gasteiger partial charge is 0.464 e. The fourth-order valence-corrected chi connectivity index (χ4v) is 2.28. The van der Waals surface area contributed by atoms with Crippen LogP contribution < -0.4 is 0 Å². The Morgan fingerprint density at radius 1 is 1.05 bits per heavy atom. The van der Waals surface area contributed by atoms with E-state index in [1.165, 1.54) is 12.7 Å². The average Bonchev–Trinajstić information content (AvgIpc) is 3.01. The lowest BCUT2D eigenvalue weighted by molar-refractivity contribution is 0.0593. The minimum Gasteiger partial charge on any atom is -0.464 e. The van der Waals surface area contributed by atoms with Gasteiger partial charge in [-0.25, -0.2) is 9.48 Å². The van der Waals surface area contributed by atoms with Crippen LogP contribution in [0.1, 0.15) is 16.1 Å². The fraction of sp³-hybridized carbons (Fsp3) is 0.111. The van der Waals surface area contributed by atoms with Crippen LogP contribution in [0.25, 0.3) is 16.9 Å². The molecule has 0 unspecified atom stereocenters. The van der Waals surface area contributed by atoms with Crippen LogP contribution in [0.3, 0.4) is 0 Å². The van der Waals surface area contributed by atoms with Gasteiger partial charge in [0.25, 0.3) is 0 Å². The molecule has 3 aromatic rings. The van der Waals surface area contributed by atoms with Crippen LogP contribution in [-0.4, -0.2) is 22.9 Å². The van der Waals surface area contributed by atoms with Gasteiger partial charge < -0.3 is 4.74 Å². The third-order valence-corrected chi connectivity index (χ3v) is 3.45. The molecular formula is C18H16N2O2. The highest BCUT2D eigenvalue weighted by molar-refractivity contribution is 5.89. The molecule has 0 N–H and O–H groups in total. The minimum atomic E-state index is -0.442. The van der Waals surface area contributed by atoms with Gasteiger partial charge in [0.15, 0.2) is 5.69 Å². The zero-order valence-corrected chi connectivity index (χ0v) is 12.5. The van der Waals surface area contributed by atoms with Gasteiger partial charge in [0.2, 0.25) is 0 Å². The third kappa shape index (κ3) is 2.63. The summed E-state index contributed by atoms with van der Waals surface area (Å²) in [6.07, 6.45) is 0. The number of para-hydroxylation sites is 1. The van der Waals surface area contributed by atoms with E-state index in [9.17, 15) is 4.79 Å². The standard InChI is InChI=1S/C18H16N2O2/c1-13-8-10-14(11-9-13)17-12-16(18(21)22-2)19-20(17)15-6-4-3-5-7-15/h3-12H,1-2H3. The van der Waals surface area contributed by atoms with Crippen molar-refractivity contribution in [2.75, 3.05) is 7.11 Å². The first-order chi connectivity index (χ1) is 10.7. The number of hydrogen-bond donors (Lipinski definition) is 0. The van der Waals surface area contributed by atoms with Crippen LogP contribution in [-0.2, 0) is 4.74 Å². The number of methoxy groups -OCH3 is 1. The third-order valence-electron chi connectivity index (χ3n) is 3.45. The van der Waals surface area contributed by atoms with Gasteiger partial charge >= 0.3 is 5.97 Å². The first-order valence-corrected chi connectivity index (χ1v) is 7.00. The molecule has 0 amide bonds. The molecule has 0 aliphatic heterocycles. The summed E-state index contributed by atoms with van der Waals surface area (Å²) in [6.45, 7) is 2.04. The van der Waals surface area contributed by atoms with Gasteiger partial charge in [0.05, 0.1) is 18.5 Å². The molecule has 0 aliphatic rings. The zero-order chi connectivity index (χ0) is 15.5. The van der Waals surface area contributed by atoms with Crippen molar-refractivity contribution in [1.82, 2.24) is 9.78 Å². The summed E-state index contributed by atoms with van der Waals surface area (Å²) < 4.78 is 6.54.